The van der Waals surface area contributed by atoms with Gasteiger partial charge in [-0.25, -0.2) is 0 Å². The number of nitro benzene ring substituents is 1. The molecule has 1 aromatic carbocycles. The first-order chi connectivity index (χ1) is 9.61. The van der Waals surface area contributed by atoms with E-state index < -0.39 is 0 Å². The Kier molecular flexibility index (Phi) is 4.92. The summed E-state index contributed by atoms with van der Waals surface area (Å²) < 4.78 is 0. The third-order valence-electron chi connectivity index (χ3n) is 3.78. The molecule has 0 aliphatic carbocycles. The Morgan fingerprint density at radius 1 is 1.40 bits per heavy atom. The number of hydrogen-bond acceptors (Lipinski definition) is 5. The van der Waals surface area contributed by atoms with Crippen molar-refractivity contribution in [1.29, 1.82) is 0 Å². The molecule has 0 aromatic heterocycles. The summed E-state index contributed by atoms with van der Waals surface area (Å²) in [6, 6.07) is 4.89. The van der Waals surface area contributed by atoms with Crippen LogP contribution in [0.2, 0.25) is 0 Å². The van der Waals surface area contributed by atoms with Gasteiger partial charge in [-0.05, 0) is 37.6 Å². The average Bonchev–Trinajstić information content (AvgIpc) is 2.97. The maximum Gasteiger partial charge on any atom is 0.292 e. The zero-order valence-corrected chi connectivity index (χ0v) is 11.8. The minimum atomic E-state index is -0.388. The summed E-state index contributed by atoms with van der Waals surface area (Å²) in [5, 5.41) is 20.2. The molecule has 2 rings (SSSR count). The van der Waals surface area contributed by atoms with Crippen molar-refractivity contribution in [2.45, 2.75) is 19.4 Å². The smallest absolute Gasteiger partial charge is 0.292 e. The van der Waals surface area contributed by atoms with Crippen LogP contribution in [0.4, 0.5) is 11.4 Å². The molecule has 1 saturated heterocycles. The predicted octanol–water partition coefficient (Wildman–Crippen LogP) is 1.62. The molecule has 0 unspecified atom stereocenters. The van der Waals surface area contributed by atoms with Gasteiger partial charge in [-0.1, -0.05) is 6.07 Å². The zero-order valence-electron chi connectivity index (χ0n) is 11.8. The summed E-state index contributed by atoms with van der Waals surface area (Å²) in [6.07, 6.45) is 2.49. The summed E-state index contributed by atoms with van der Waals surface area (Å²) in [5.41, 5.74) is 1.22. The van der Waals surface area contributed by atoms with E-state index in [2.05, 4.69) is 4.90 Å². The number of aliphatic hydroxyl groups is 1. The number of hydrogen-bond donors (Lipinski definition) is 1. The fourth-order valence-electron chi connectivity index (χ4n) is 2.55. The molecule has 20 heavy (non-hydrogen) atoms. The first kappa shape index (κ1) is 14.7. The predicted molar refractivity (Wildman–Crippen MR) is 78.0 cm³/mol. The van der Waals surface area contributed by atoms with Crippen molar-refractivity contribution in [3.05, 3.63) is 33.9 Å². The molecule has 1 N–H and O–H groups in total. The molecule has 1 aromatic rings. The van der Waals surface area contributed by atoms with Gasteiger partial charge in [0.1, 0.15) is 5.69 Å². The van der Waals surface area contributed by atoms with E-state index in [1.54, 1.807) is 12.1 Å². The molecule has 6 nitrogen and oxygen atoms in total. The van der Waals surface area contributed by atoms with Crippen LogP contribution in [-0.2, 0) is 6.61 Å². The molecular weight excluding hydrogens is 258 g/mol. The van der Waals surface area contributed by atoms with Crippen molar-refractivity contribution in [1.82, 2.24) is 4.90 Å². The lowest BCUT2D eigenvalue weighted by atomic mass is 10.1. The number of rotatable bonds is 6. The van der Waals surface area contributed by atoms with Crippen molar-refractivity contribution in [3.63, 3.8) is 0 Å². The van der Waals surface area contributed by atoms with Crippen LogP contribution < -0.4 is 4.90 Å². The van der Waals surface area contributed by atoms with E-state index in [9.17, 15) is 10.1 Å². The molecule has 110 valence electrons. The van der Waals surface area contributed by atoms with E-state index in [4.69, 9.17) is 5.11 Å². The highest BCUT2D eigenvalue weighted by Gasteiger charge is 2.19. The lowest BCUT2D eigenvalue weighted by Gasteiger charge is -2.23. The van der Waals surface area contributed by atoms with Gasteiger partial charge in [-0.15, -0.1) is 0 Å². The van der Waals surface area contributed by atoms with Gasteiger partial charge in [0.2, 0.25) is 0 Å². The van der Waals surface area contributed by atoms with Crippen LogP contribution in [0.5, 0.6) is 0 Å². The largest absolute Gasteiger partial charge is 0.392 e. The first-order valence-corrected chi connectivity index (χ1v) is 6.93. The number of likely N-dealkylation sites (N-methyl/N-ethyl adjacent to an activating group) is 1. The summed E-state index contributed by atoms with van der Waals surface area (Å²) >= 11 is 0. The van der Waals surface area contributed by atoms with Gasteiger partial charge in [-0.2, -0.15) is 0 Å². The van der Waals surface area contributed by atoms with Gasteiger partial charge in [0.05, 0.1) is 11.5 Å². The fourth-order valence-corrected chi connectivity index (χ4v) is 2.55. The molecule has 1 aliphatic heterocycles. The molecule has 0 bridgehead atoms. The number of aliphatic hydroxyl groups excluding tert-OH is 1. The van der Waals surface area contributed by atoms with Crippen LogP contribution in [-0.4, -0.2) is 48.2 Å². The molecule has 6 heteroatoms. The van der Waals surface area contributed by atoms with Crippen LogP contribution in [0.25, 0.3) is 0 Å². The number of nitro groups is 1. The summed E-state index contributed by atoms with van der Waals surface area (Å²) in [7, 11) is 1.87. The first-order valence-electron chi connectivity index (χ1n) is 6.93. The van der Waals surface area contributed by atoms with Gasteiger partial charge in [0.25, 0.3) is 5.69 Å². The highest BCUT2D eigenvalue weighted by atomic mass is 16.6. The standard InChI is InChI=1S/C14H21N3O3/c1-15(8-9-16-6-2-3-7-16)13-5-4-12(11-18)10-14(13)17(19)20/h4-5,10,18H,2-3,6-9,11H2,1H3. The Morgan fingerprint density at radius 2 is 2.10 bits per heavy atom. The van der Waals surface area contributed by atoms with Gasteiger partial charge < -0.3 is 14.9 Å². The highest BCUT2D eigenvalue weighted by molar-refractivity contribution is 5.64. The van der Waals surface area contributed by atoms with Crippen LogP contribution in [0.1, 0.15) is 18.4 Å². The van der Waals surface area contributed by atoms with E-state index in [0.717, 1.165) is 26.2 Å². The normalized spacial score (nSPS) is 15.5. The van der Waals surface area contributed by atoms with E-state index in [0.29, 0.717) is 11.3 Å². The second kappa shape index (κ2) is 6.67. The third-order valence-corrected chi connectivity index (χ3v) is 3.78. The SMILES string of the molecule is CN(CCN1CCCC1)c1ccc(CO)cc1[N+](=O)[O-]. The molecule has 0 radical (unpaired) electrons. The summed E-state index contributed by atoms with van der Waals surface area (Å²) in [4.78, 5) is 15.0. The van der Waals surface area contributed by atoms with E-state index in [1.807, 2.05) is 11.9 Å². The van der Waals surface area contributed by atoms with Crippen molar-refractivity contribution in [2.75, 3.05) is 38.1 Å². The molecule has 1 aliphatic rings. The number of benzene rings is 1. The zero-order chi connectivity index (χ0) is 14.5. The van der Waals surface area contributed by atoms with Crippen LogP contribution in [0.15, 0.2) is 18.2 Å². The third kappa shape index (κ3) is 3.46. The van der Waals surface area contributed by atoms with Crippen LogP contribution in [0, 0.1) is 10.1 Å². The Hall–Kier alpha value is -1.66. The number of likely N-dealkylation sites (tertiary alicyclic amines) is 1. The number of nitrogens with zero attached hydrogens (tertiary/aromatic N) is 3. The van der Waals surface area contributed by atoms with Gasteiger partial charge in [0, 0.05) is 26.2 Å². The van der Waals surface area contributed by atoms with Crippen molar-refractivity contribution < 1.29 is 10.0 Å². The van der Waals surface area contributed by atoms with Crippen LogP contribution in [0.3, 0.4) is 0 Å². The average molecular weight is 279 g/mol. The molecule has 0 atom stereocenters. The van der Waals surface area contributed by atoms with Crippen molar-refractivity contribution in [2.24, 2.45) is 0 Å². The quantitative estimate of drug-likeness (QED) is 0.633. The highest BCUT2D eigenvalue weighted by Crippen LogP contribution is 2.28. The second-order valence-corrected chi connectivity index (χ2v) is 5.21. The topological polar surface area (TPSA) is 69.8 Å². The molecule has 0 amide bonds. The molecule has 0 spiro atoms. The molecule has 1 fully saturated rings. The molecule has 0 saturated carbocycles. The Labute approximate surface area is 118 Å². The summed E-state index contributed by atoms with van der Waals surface area (Å²) in [6.45, 7) is 3.76. The molecule has 1 heterocycles. The lowest BCUT2D eigenvalue weighted by molar-refractivity contribution is -0.384. The maximum atomic E-state index is 11.1. The van der Waals surface area contributed by atoms with Gasteiger partial charge in [0.15, 0.2) is 0 Å². The minimum absolute atomic E-state index is 0.0560. The fraction of sp³-hybridized carbons (Fsp3) is 0.571. The number of anilines is 1. The van der Waals surface area contributed by atoms with Gasteiger partial charge >= 0.3 is 0 Å². The Balaban J connectivity index is 2.07. The van der Waals surface area contributed by atoms with Crippen LogP contribution >= 0.6 is 0 Å². The van der Waals surface area contributed by atoms with E-state index in [-0.39, 0.29) is 17.2 Å². The summed E-state index contributed by atoms with van der Waals surface area (Å²) in [5.74, 6) is 0. The Morgan fingerprint density at radius 3 is 2.70 bits per heavy atom. The second-order valence-electron chi connectivity index (χ2n) is 5.21. The monoisotopic (exact) mass is 279 g/mol. The lowest BCUT2D eigenvalue weighted by Crippen LogP contribution is -2.31. The van der Waals surface area contributed by atoms with Crippen molar-refractivity contribution >= 4 is 11.4 Å². The van der Waals surface area contributed by atoms with Crippen molar-refractivity contribution in [3.8, 4) is 0 Å². The van der Waals surface area contributed by atoms with E-state index >= 15 is 0 Å². The Bertz CT molecular complexity index is 473. The van der Waals surface area contributed by atoms with Gasteiger partial charge in [-0.3, -0.25) is 10.1 Å². The molecular formula is C14H21N3O3. The maximum absolute atomic E-state index is 11.1. The van der Waals surface area contributed by atoms with E-state index in [1.165, 1.54) is 18.9 Å². The minimum Gasteiger partial charge on any atom is -0.392 e.